The van der Waals surface area contributed by atoms with Crippen molar-refractivity contribution in [3.8, 4) is 6.07 Å². The number of likely N-dealkylation sites (N-methyl/N-ethyl adjacent to an activating group) is 1. The van der Waals surface area contributed by atoms with Crippen LogP contribution in [0.2, 0.25) is 0 Å². The Morgan fingerprint density at radius 1 is 1.75 bits per heavy atom. The SMILES string of the molecule is CCN(C)C(=O)CNC(C)C#N. The summed E-state index contributed by atoms with van der Waals surface area (Å²) in [6.07, 6.45) is 0. The monoisotopic (exact) mass is 169 g/mol. The summed E-state index contributed by atoms with van der Waals surface area (Å²) >= 11 is 0. The minimum atomic E-state index is -0.265. The Labute approximate surface area is 73.2 Å². The van der Waals surface area contributed by atoms with E-state index in [0.717, 1.165) is 0 Å². The number of amides is 1. The highest BCUT2D eigenvalue weighted by atomic mass is 16.2. The van der Waals surface area contributed by atoms with E-state index in [4.69, 9.17) is 5.26 Å². The van der Waals surface area contributed by atoms with Crippen LogP contribution in [-0.2, 0) is 4.79 Å². The maximum Gasteiger partial charge on any atom is 0.236 e. The van der Waals surface area contributed by atoms with Crippen molar-refractivity contribution in [3.63, 3.8) is 0 Å². The molecule has 1 amide bonds. The van der Waals surface area contributed by atoms with Gasteiger partial charge in [0.05, 0.1) is 18.7 Å². The van der Waals surface area contributed by atoms with Gasteiger partial charge in [-0.15, -0.1) is 0 Å². The molecular formula is C8H15N3O. The average Bonchev–Trinajstić information content (AvgIpc) is 2.11. The summed E-state index contributed by atoms with van der Waals surface area (Å²) in [5, 5.41) is 11.2. The van der Waals surface area contributed by atoms with Crippen molar-refractivity contribution in [2.24, 2.45) is 0 Å². The van der Waals surface area contributed by atoms with Crippen LogP contribution in [0.3, 0.4) is 0 Å². The minimum Gasteiger partial charge on any atom is -0.345 e. The first-order chi connectivity index (χ1) is 5.61. The molecule has 1 atom stereocenters. The highest BCUT2D eigenvalue weighted by Gasteiger charge is 2.07. The summed E-state index contributed by atoms with van der Waals surface area (Å²) in [6, 6.07) is 1.73. The molecule has 0 aromatic carbocycles. The molecule has 0 aliphatic carbocycles. The fourth-order valence-electron chi connectivity index (χ4n) is 0.597. The number of carbonyl (C=O) groups excluding carboxylic acids is 1. The van der Waals surface area contributed by atoms with Crippen LogP contribution in [0.25, 0.3) is 0 Å². The number of nitrogens with zero attached hydrogens (tertiary/aromatic N) is 2. The first-order valence-electron chi connectivity index (χ1n) is 3.98. The van der Waals surface area contributed by atoms with Gasteiger partial charge in [0.1, 0.15) is 0 Å². The molecule has 0 aromatic heterocycles. The number of carbonyl (C=O) groups is 1. The van der Waals surface area contributed by atoms with Crippen LogP contribution < -0.4 is 5.32 Å². The lowest BCUT2D eigenvalue weighted by Gasteiger charge is -2.15. The van der Waals surface area contributed by atoms with Gasteiger partial charge in [0.2, 0.25) is 5.91 Å². The van der Waals surface area contributed by atoms with Crippen molar-refractivity contribution in [1.29, 1.82) is 5.26 Å². The predicted octanol–water partition coefficient (Wildman–Crippen LogP) is -0.0336. The van der Waals surface area contributed by atoms with Crippen LogP contribution in [0.1, 0.15) is 13.8 Å². The van der Waals surface area contributed by atoms with Crippen LogP contribution in [0.5, 0.6) is 0 Å². The molecule has 0 aliphatic heterocycles. The molecule has 0 radical (unpaired) electrons. The lowest BCUT2D eigenvalue weighted by molar-refractivity contribution is -0.128. The topological polar surface area (TPSA) is 56.1 Å². The number of nitriles is 1. The second-order valence-electron chi connectivity index (χ2n) is 2.64. The zero-order valence-electron chi connectivity index (χ0n) is 7.79. The lowest BCUT2D eigenvalue weighted by atomic mass is 10.3. The molecule has 0 saturated carbocycles. The van der Waals surface area contributed by atoms with Crippen molar-refractivity contribution in [1.82, 2.24) is 10.2 Å². The Morgan fingerprint density at radius 3 is 2.75 bits per heavy atom. The van der Waals surface area contributed by atoms with Crippen LogP contribution in [-0.4, -0.2) is 37.0 Å². The number of hydrogen-bond donors (Lipinski definition) is 1. The molecule has 0 aliphatic rings. The molecular weight excluding hydrogens is 154 g/mol. The third-order valence-electron chi connectivity index (χ3n) is 1.65. The predicted molar refractivity (Wildman–Crippen MR) is 46.4 cm³/mol. The highest BCUT2D eigenvalue weighted by Crippen LogP contribution is 1.83. The van der Waals surface area contributed by atoms with E-state index >= 15 is 0 Å². The quantitative estimate of drug-likeness (QED) is 0.642. The van der Waals surface area contributed by atoms with Gasteiger partial charge in [-0.05, 0) is 13.8 Å². The molecule has 0 heterocycles. The lowest BCUT2D eigenvalue weighted by Crippen LogP contribution is -2.38. The zero-order chi connectivity index (χ0) is 9.56. The molecule has 0 bridgehead atoms. The first-order valence-corrected chi connectivity index (χ1v) is 3.98. The zero-order valence-corrected chi connectivity index (χ0v) is 7.79. The highest BCUT2D eigenvalue weighted by molar-refractivity contribution is 5.77. The molecule has 1 N–H and O–H groups in total. The van der Waals surface area contributed by atoms with E-state index in [9.17, 15) is 4.79 Å². The van der Waals surface area contributed by atoms with Crippen LogP contribution in [0.4, 0.5) is 0 Å². The third kappa shape index (κ3) is 3.94. The second-order valence-corrected chi connectivity index (χ2v) is 2.64. The van der Waals surface area contributed by atoms with Gasteiger partial charge < -0.3 is 4.90 Å². The Hall–Kier alpha value is -1.08. The maximum absolute atomic E-state index is 11.1. The van der Waals surface area contributed by atoms with Gasteiger partial charge in [0.25, 0.3) is 0 Å². The third-order valence-corrected chi connectivity index (χ3v) is 1.65. The Balaban J connectivity index is 3.65. The van der Waals surface area contributed by atoms with Crippen molar-refractivity contribution in [2.45, 2.75) is 19.9 Å². The van der Waals surface area contributed by atoms with E-state index in [2.05, 4.69) is 5.32 Å². The normalized spacial score (nSPS) is 11.8. The van der Waals surface area contributed by atoms with Gasteiger partial charge in [-0.2, -0.15) is 5.26 Å². The Kier molecular flexibility index (Phi) is 5.06. The van der Waals surface area contributed by atoms with E-state index in [1.54, 1.807) is 18.9 Å². The maximum atomic E-state index is 11.1. The van der Waals surface area contributed by atoms with E-state index in [1.807, 2.05) is 13.0 Å². The molecule has 4 nitrogen and oxygen atoms in total. The standard InChI is InChI=1S/C8H15N3O/c1-4-11(3)8(12)6-10-7(2)5-9/h7,10H,4,6H2,1-3H3. The van der Waals surface area contributed by atoms with Crippen LogP contribution in [0, 0.1) is 11.3 Å². The van der Waals surface area contributed by atoms with Gasteiger partial charge in [0.15, 0.2) is 0 Å². The molecule has 12 heavy (non-hydrogen) atoms. The fourth-order valence-corrected chi connectivity index (χ4v) is 0.597. The van der Waals surface area contributed by atoms with Gasteiger partial charge in [0, 0.05) is 13.6 Å². The summed E-state index contributed by atoms with van der Waals surface area (Å²) in [7, 11) is 1.74. The van der Waals surface area contributed by atoms with Gasteiger partial charge in [-0.1, -0.05) is 0 Å². The molecule has 0 spiro atoms. The smallest absolute Gasteiger partial charge is 0.236 e. The van der Waals surface area contributed by atoms with Gasteiger partial charge in [-0.3, -0.25) is 10.1 Å². The fraction of sp³-hybridized carbons (Fsp3) is 0.750. The number of rotatable bonds is 4. The number of nitrogens with one attached hydrogen (secondary N) is 1. The largest absolute Gasteiger partial charge is 0.345 e. The van der Waals surface area contributed by atoms with Crippen molar-refractivity contribution in [2.75, 3.05) is 20.1 Å². The van der Waals surface area contributed by atoms with Gasteiger partial charge in [-0.25, -0.2) is 0 Å². The summed E-state index contributed by atoms with van der Waals surface area (Å²) in [6.45, 7) is 4.56. The summed E-state index contributed by atoms with van der Waals surface area (Å²) in [4.78, 5) is 12.8. The molecule has 0 aromatic rings. The Morgan fingerprint density at radius 2 is 2.33 bits per heavy atom. The molecule has 0 saturated heterocycles. The molecule has 0 rings (SSSR count). The van der Waals surface area contributed by atoms with Crippen molar-refractivity contribution < 1.29 is 4.79 Å². The number of hydrogen-bond acceptors (Lipinski definition) is 3. The molecule has 1 unspecified atom stereocenters. The molecule has 4 heteroatoms. The van der Waals surface area contributed by atoms with E-state index < -0.39 is 0 Å². The van der Waals surface area contributed by atoms with E-state index in [0.29, 0.717) is 6.54 Å². The van der Waals surface area contributed by atoms with Crippen LogP contribution in [0.15, 0.2) is 0 Å². The van der Waals surface area contributed by atoms with Crippen molar-refractivity contribution in [3.05, 3.63) is 0 Å². The molecule has 68 valence electrons. The van der Waals surface area contributed by atoms with E-state index in [1.165, 1.54) is 0 Å². The Bertz CT molecular complexity index is 185. The summed E-state index contributed by atoms with van der Waals surface area (Å²) < 4.78 is 0. The van der Waals surface area contributed by atoms with Crippen molar-refractivity contribution >= 4 is 5.91 Å². The molecule has 0 fully saturated rings. The van der Waals surface area contributed by atoms with Crippen LogP contribution >= 0.6 is 0 Å². The summed E-state index contributed by atoms with van der Waals surface area (Å²) in [5.74, 6) is 0.0135. The average molecular weight is 169 g/mol. The van der Waals surface area contributed by atoms with Gasteiger partial charge >= 0.3 is 0 Å². The van der Waals surface area contributed by atoms with E-state index in [-0.39, 0.29) is 18.5 Å². The minimum absolute atomic E-state index is 0.0135. The second kappa shape index (κ2) is 5.56. The first kappa shape index (κ1) is 10.9. The summed E-state index contributed by atoms with van der Waals surface area (Å²) in [5.41, 5.74) is 0.